The minimum absolute atomic E-state index is 0.00222. The molecule has 1 aromatic rings. The number of aliphatic hydroxyl groups excluding tert-OH is 4. The van der Waals surface area contributed by atoms with Gasteiger partial charge in [0.05, 0.1) is 13.2 Å². The smallest absolute Gasteiger partial charge is 0.184 e. The molecule has 0 aliphatic carbocycles. The average Bonchev–Trinajstić information content (AvgIpc) is 2.51. The van der Waals surface area contributed by atoms with E-state index in [-0.39, 0.29) is 18.8 Å². The van der Waals surface area contributed by atoms with Crippen molar-refractivity contribution in [3.05, 3.63) is 47.8 Å². The van der Waals surface area contributed by atoms with Crippen molar-refractivity contribution in [2.45, 2.75) is 37.3 Å². The molecule has 1 aliphatic rings. The molecule has 5 atom stereocenters. The fourth-order valence-electron chi connectivity index (χ4n) is 2.27. The minimum atomic E-state index is -1.64. The molecule has 1 fully saturated rings. The van der Waals surface area contributed by atoms with Crippen LogP contribution in [0, 0.1) is 5.82 Å². The maximum Gasteiger partial charge on any atom is 0.184 e. The molecule has 6 nitrogen and oxygen atoms in total. The zero-order valence-corrected chi connectivity index (χ0v) is 11.8. The molecule has 0 radical (unpaired) electrons. The summed E-state index contributed by atoms with van der Waals surface area (Å²) in [5, 5.41) is 38.7. The van der Waals surface area contributed by atoms with E-state index in [2.05, 4.69) is 6.58 Å². The van der Waals surface area contributed by atoms with Crippen molar-refractivity contribution in [3.8, 4) is 0 Å². The van der Waals surface area contributed by atoms with Gasteiger partial charge in [0.1, 0.15) is 30.2 Å². The monoisotopic (exact) mass is 314 g/mol. The van der Waals surface area contributed by atoms with E-state index in [9.17, 15) is 24.8 Å². The number of benzene rings is 1. The SMILES string of the molecule is C=CCOCc1cc([C@@H]2OC(O)[C@@H](O)[C@H](O)[C@H]2O)ccc1F. The molecular formula is C15H19FO6. The number of hydrogen-bond donors (Lipinski definition) is 4. The van der Waals surface area contributed by atoms with E-state index in [1.165, 1.54) is 24.3 Å². The van der Waals surface area contributed by atoms with E-state index in [0.29, 0.717) is 5.56 Å². The molecular weight excluding hydrogens is 295 g/mol. The molecule has 1 heterocycles. The zero-order chi connectivity index (χ0) is 16.3. The van der Waals surface area contributed by atoms with E-state index in [0.717, 1.165) is 0 Å². The second kappa shape index (κ2) is 7.28. The van der Waals surface area contributed by atoms with Gasteiger partial charge in [0.15, 0.2) is 6.29 Å². The van der Waals surface area contributed by atoms with Gasteiger partial charge in [-0.25, -0.2) is 4.39 Å². The summed E-state index contributed by atoms with van der Waals surface area (Å²) in [6, 6.07) is 3.97. The Bertz CT molecular complexity index is 523. The molecule has 1 saturated heterocycles. The quantitative estimate of drug-likeness (QED) is 0.451. The predicted octanol–water partition coefficient (Wildman–Crippen LogP) is 0.000700. The third-order valence-corrected chi connectivity index (χ3v) is 3.48. The number of rotatable bonds is 5. The van der Waals surface area contributed by atoms with Gasteiger partial charge < -0.3 is 29.9 Å². The summed E-state index contributed by atoms with van der Waals surface area (Å²) in [4.78, 5) is 0. The van der Waals surface area contributed by atoms with E-state index in [1.807, 2.05) is 0 Å². The number of hydrogen-bond acceptors (Lipinski definition) is 6. The highest BCUT2D eigenvalue weighted by Crippen LogP contribution is 2.32. The lowest BCUT2D eigenvalue weighted by Crippen LogP contribution is -2.54. The van der Waals surface area contributed by atoms with Crippen molar-refractivity contribution < 1.29 is 34.3 Å². The van der Waals surface area contributed by atoms with Gasteiger partial charge in [0.2, 0.25) is 0 Å². The average molecular weight is 314 g/mol. The van der Waals surface area contributed by atoms with Gasteiger partial charge in [-0.3, -0.25) is 0 Å². The van der Waals surface area contributed by atoms with Crippen LogP contribution in [0.1, 0.15) is 17.2 Å². The van der Waals surface area contributed by atoms with Crippen molar-refractivity contribution in [2.24, 2.45) is 0 Å². The van der Waals surface area contributed by atoms with Crippen LogP contribution in [0.25, 0.3) is 0 Å². The highest BCUT2D eigenvalue weighted by molar-refractivity contribution is 5.28. The first-order valence-corrected chi connectivity index (χ1v) is 6.80. The lowest BCUT2D eigenvalue weighted by atomic mass is 9.93. The first-order chi connectivity index (χ1) is 10.5. The van der Waals surface area contributed by atoms with Crippen LogP contribution < -0.4 is 0 Å². The van der Waals surface area contributed by atoms with Crippen LogP contribution in [-0.2, 0) is 16.1 Å². The molecule has 22 heavy (non-hydrogen) atoms. The molecule has 1 aliphatic heterocycles. The molecule has 0 spiro atoms. The lowest BCUT2D eigenvalue weighted by molar-refractivity contribution is -0.284. The van der Waals surface area contributed by atoms with E-state index < -0.39 is 36.5 Å². The molecule has 4 N–H and O–H groups in total. The molecule has 0 bridgehead atoms. The van der Waals surface area contributed by atoms with Gasteiger partial charge >= 0.3 is 0 Å². The van der Waals surface area contributed by atoms with Crippen molar-refractivity contribution in [2.75, 3.05) is 6.61 Å². The van der Waals surface area contributed by atoms with Crippen molar-refractivity contribution in [1.29, 1.82) is 0 Å². The van der Waals surface area contributed by atoms with Crippen molar-refractivity contribution in [1.82, 2.24) is 0 Å². The molecule has 0 amide bonds. The Morgan fingerprint density at radius 2 is 1.91 bits per heavy atom. The summed E-state index contributed by atoms with van der Waals surface area (Å²) < 4.78 is 24.0. The number of halogens is 1. The van der Waals surface area contributed by atoms with E-state index >= 15 is 0 Å². The van der Waals surface area contributed by atoms with E-state index in [4.69, 9.17) is 9.47 Å². The Labute approximate surface area is 127 Å². The predicted molar refractivity (Wildman–Crippen MR) is 74.1 cm³/mol. The molecule has 122 valence electrons. The van der Waals surface area contributed by atoms with Crippen LogP contribution in [0.3, 0.4) is 0 Å². The van der Waals surface area contributed by atoms with Crippen LogP contribution in [0.2, 0.25) is 0 Å². The van der Waals surface area contributed by atoms with Crippen LogP contribution in [0.4, 0.5) is 4.39 Å². The Hall–Kier alpha value is -1.35. The molecule has 1 unspecified atom stereocenters. The Balaban J connectivity index is 2.20. The molecule has 1 aromatic carbocycles. The molecule has 0 aromatic heterocycles. The Morgan fingerprint density at radius 1 is 1.18 bits per heavy atom. The topological polar surface area (TPSA) is 99.4 Å². The van der Waals surface area contributed by atoms with Gasteiger partial charge in [-0.1, -0.05) is 12.1 Å². The summed E-state index contributed by atoms with van der Waals surface area (Å²) in [6.45, 7) is 3.75. The highest BCUT2D eigenvalue weighted by atomic mass is 19.1. The third-order valence-electron chi connectivity index (χ3n) is 3.48. The summed E-state index contributed by atoms with van der Waals surface area (Å²) in [7, 11) is 0. The number of aliphatic hydroxyl groups is 4. The van der Waals surface area contributed by atoms with Crippen molar-refractivity contribution in [3.63, 3.8) is 0 Å². The number of ether oxygens (including phenoxy) is 2. The van der Waals surface area contributed by atoms with Gasteiger partial charge in [0, 0.05) is 5.56 Å². The molecule has 0 saturated carbocycles. The zero-order valence-electron chi connectivity index (χ0n) is 11.8. The Morgan fingerprint density at radius 3 is 2.59 bits per heavy atom. The largest absolute Gasteiger partial charge is 0.387 e. The third kappa shape index (κ3) is 3.52. The summed E-state index contributed by atoms with van der Waals surface area (Å²) >= 11 is 0. The van der Waals surface area contributed by atoms with Crippen molar-refractivity contribution >= 4 is 0 Å². The van der Waals surface area contributed by atoms with Crippen LogP contribution in [-0.4, -0.2) is 51.6 Å². The standard InChI is InChI=1S/C15H19FO6/c1-2-5-21-7-9-6-8(3-4-10(9)16)14-12(18)11(17)13(19)15(20)22-14/h2-4,6,11-15,17-20H,1,5,7H2/t11-,12-,13+,14+,15?/m1/s1. The van der Waals surface area contributed by atoms with E-state index in [1.54, 1.807) is 0 Å². The fraction of sp³-hybridized carbons (Fsp3) is 0.467. The normalized spacial score (nSPS) is 32.0. The second-order valence-electron chi connectivity index (χ2n) is 5.07. The highest BCUT2D eigenvalue weighted by Gasteiger charge is 2.43. The van der Waals surface area contributed by atoms with Crippen LogP contribution in [0.15, 0.2) is 30.9 Å². The molecule has 2 rings (SSSR count). The van der Waals surface area contributed by atoms with Crippen LogP contribution >= 0.6 is 0 Å². The first-order valence-electron chi connectivity index (χ1n) is 6.80. The van der Waals surface area contributed by atoms with Gasteiger partial charge in [-0.2, -0.15) is 0 Å². The summed E-state index contributed by atoms with van der Waals surface area (Å²) in [5.41, 5.74) is 0.598. The summed E-state index contributed by atoms with van der Waals surface area (Å²) in [6.07, 6.45) is -5.84. The first kappa shape index (κ1) is 17.0. The van der Waals surface area contributed by atoms with Gasteiger partial charge in [0.25, 0.3) is 0 Å². The minimum Gasteiger partial charge on any atom is -0.387 e. The molecule has 7 heteroatoms. The maximum absolute atomic E-state index is 13.7. The second-order valence-corrected chi connectivity index (χ2v) is 5.07. The Kier molecular flexibility index (Phi) is 5.63. The lowest BCUT2D eigenvalue weighted by Gasteiger charge is -2.38. The van der Waals surface area contributed by atoms with Gasteiger partial charge in [-0.15, -0.1) is 6.58 Å². The van der Waals surface area contributed by atoms with Gasteiger partial charge in [-0.05, 0) is 17.7 Å². The summed E-state index contributed by atoms with van der Waals surface area (Å²) in [5.74, 6) is -0.487. The fourth-order valence-corrected chi connectivity index (χ4v) is 2.27. The van der Waals surface area contributed by atoms with Crippen LogP contribution in [0.5, 0.6) is 0 Å². The maximum atomic E-state index is 13.7.